The first-order valence-corrected chi connectivity index (χ1v) is 8.78. The summed E-state index contributed by atoms with van der Waals surface area (Å²) in [7, 11) is 1.79. The third-order valence-corrected chi connectivity index (χ3v) is 4.33. The SMILES string of the molecule is CN=C(NCCCOc1ccccc1C)NC1CCc2ncnn2C1.I. The number of hydrogen-bond acceptors (Lipinski definition) is 4. The van der Waals surface area contributed by atoms with Gasteiger partial charge in [0, 0.05) is 26.1 Å². The predicted molar refractivity (Wildman–Crippen MR) is 113 cm³/mol. The van der Waals surface area contributed by atoms with Crippen molar-refractivity contribution in [2.24, 2.45) is 4.99 Å². The molecule has 0 aliphatic carbocycles. The number of ether oxygens (including phenoxy) is 1. The van der Waals surface area contributed by atoms with Crippen LogP contribution in [0.2, 0.25) is 0 Å². The second kappa shape index (κ2) is 10.3. The highest BCUT2D eigenvalue weighted by Crippen LogP contribution is 2.16. The van der Waals surface area contributed by atoms with E-state index in [4.69, 9.17) is 4.74 Å². The molecule has 8 heteroatoms. The van der Waals surface area contributed by atoms with Gasteiger partial charge in [-0.25, -0.2) is 9.67 Å². The molecular weight excluding hydrogens is 443 g/mol. The Bertz CT molecular complexity index is 717. The monoisotopic (exact) mass is 470 g/mol. The molecule has 0 radical (unpaired) electrons. The molecule has 3 rings (SSSR count). The van der Waals surface area contributed by atoms with E-state index in [9.17, 15) is 0 Å². The second-order valence-electron chi connectivity index (χ2n) is 6.20. The standard InChI is InChI=1S/C18H26N6O.HI/c1-14-6-3-4-7-16(14)25-11-5-10-20-18(19-2)23-15-8-9-17-21-13-22-24(17)12-15;/h3-4,6-7,13,15H,5,8-12H2,1-2H3,(H2,19,20,23);1H. The summed E-state index contributed by atoms with van der Waals surface area (Å²) in [4.78, 5) is 8.56. The quantitative estimate of drug-likeness (QED) is 0.293. The van der Waals surface area contributed by atoms with Crippen LogP contribution in [-0.4, -0.2) is 47.0 Å². The van der Waals surface area contributed by atoms with Gasteiger partial charge >= 0.3 is 0 Å². The van der Waals surface area contributed by atoms with Crippen molar-refractivity contribution in [2.75, 3.05) is 20.2 Å². The Hall–Kier alpha value is -1.84. The highest BCUT2D eigenvalue weighted by molar-refractivity contribution is 14.0. The van der Waals surface area contributed by atoms with Gasteiger partial charge < -0.3 is 15.4 Å². The number of benzene rings is 1. The summed E-state index contributed by atoms with van der Waals surface area (Å²) >= 11 is 0. The topological polar surface area (TPSA) is 76.4 Å². The molecule has 0 saturated heterocycles. The van der Waals surface area contributed by atoms with Crippen LogP contribution < -0.4 is 15.4 Å². The Balaban J connectivity index is 0.00000243. The summed E-state index contributed by atoms with van der Waals surface area (Å²) in [6.45, 7) is 4.38. The minimum Gasteiger partial charge on any atom is -0.493 e. The molecule has 142 valence electrons. The first-order chi connectivity index (χ1) is 12.3. The maximum Gasteiger partial charge on any atom is 0.191 e. The van der Waals surface area contributed by atoms with E-state index < -0.39 is 0 Å². The van der Waals surface area contributed by atoms with Gasteiger partial charge in [0.25, 0.3) is 0 Å². The summed E-state index contributed by atoms with van der Waals surface area (Å²) in [5.74, 6) is 2.84. The number of nitrogens with one attached hydrogen (secondary N) is 2. The van der Waals surface area contributed by atoms with Crippen molar-refractivity contribution in [3.05, 3.63) is 42.0 Å². The van der Waals surface area contributed by atoms with Gasteiger partial charge in [0.2, 0.25) is 0 Å². The van der Waals surface area contributed by atoms with Crippen molar-refractivity contribution < 1.29 is 4.74 Å². The molecule has 0 fully saturated rings. The fourth-order valence-corrected chi connectivity index (χ4v) is 2.92. The number of hydrogen-bond donors (Lipinski definition) is 2. The number of halogens is 1. The highest BCUT2D eigenvalue weighted by Gasteiger charge is 2.20. The lowest BCUT2D eigenvalue weighted by Crippen LogP contribution is -2.47. The number of guanidine groups is 1. The molecule has 2 N–H and O–H groups in total. The summed E-state index contributed by atoms with van der Waals surface area (Å²) < 4.78 is 7.78. The average molecular weight is 470 g/mol. The van der Waals surface area contributed by atoms with E-state index in [1.807, 2.05) is 22.9 Å². The van der Waals surface area contributed by atoms with Gasteiger partial charge in [-0.05, 0) is 31.4 Å². The van der Waals surface area contributed by atoms with Crippen LogP contribution >= 0.6 is 24.0 Å². The molecule has 1 atom stereocenters. The van der Waals surface area contributed by atoms with E-state index in [0.29, 0.717) is 12.6 Å². The van der Waals surface area contributed by atoms with Crippen molar-refractivity contribution >= 4 is 29.9 Å². The zero-order valence-corrected chi connectivity index (χ0v) is 17.6. The van der Waals surface area contributed by atoms with Crippen molar-refractivity contribution in [3.63, 3.8) is 0 Å². The van der Waals surface area contributed by atoms with E-state index >= 15 is 0 Å². The molecule has 26 heavy (non-hydrogen) atoms. The van der Waals surface area contributed by atoms with Crippen LogP contribution in [0, 0.1) is 6.92 Å². The van der Waals surface area contributed by atoms with Crippen LogP contribution in [0.1, 0.15) is 24.2 Å². The number of para-hydroxylation sites is 1. The van der Waals surface area contributed by atoms with Gasteiger partial charge in [-0.3, -0.25) is 4.99 Å². The molecule has 0 saturated carbocycles. The van der Waals surface area contributed by atoms with Crippen LogP contribution in [-0.2, 0) is 13.0 Å². The van der Waals surface area contributed by atoms with E-state index in [2.05, 4.69) is 38.7 Å². The maximum atomic E-state index is 5.81. The number of fused-ring (bicyclic) bond motifs is 1. The summed E-state index contributed by atoms with van der Waals surface area (Å²) in [6, 6.07) is 8.40. The molecule has 0 bridgehead atoms. The molecule has 2 heterocycles. The van der Waals surface area contributed by atoms with Gasteiger partial charge in [0.15, 0.2) is 5.96 Å². The average Bonchev–Trinajstić information content (AvgIpc) is 3.09. The summed E-state index contributed by atoms with van der Waals surface area (Å²) in [5.41, 5.74) is 1.16. The van der Waals surface area contributed by atoms with Gasteiger partial charge in [-0.2, -0.15) is 5.10 Å². The van der Waals surface area contributed by atoms with Crippen LogP contribution in [0.4, 0.5) is 0 Å². The first kappa shape index (κ1) is 20.5. The second-order valence-corrected chi connectivity index (χ2v) is 6.20. The number of rotatable bonds is 6. The highest BCUT2D eigenvalue weighted by atomic mass is 127. The van der Waals surface area contributed by atoms with E-state index in [1.54, 1.807) is 13.4 Å². The molecular formula is C18H27IN6O. The van der Waals surface area contributed by atoms with E-state index in [0.717, 1.165) is 55.4 Å². The zero-order valence-electron chi connectivity index (χ0n) is 15.3. The minimum absolute atomic E-state index is 0. The maximum absolute atomic E-state index is 5.81. The fraction of sp³-hybridized carbons (Fsp3) is 0.500. The third-order valence-electron chi connectivity index (χ3n) is 4.33. The van der Waals surface area contributed by atoms with E-state index in [1.165, 1.54) is 0 Å². The predicted octanol–water partition coefficient (Wildman–Crippen LogP) is 2.15. The molecule has 7 nitrogen and oxygen atoms in total. The number of aryl methyl sites for hydroxylation is 2. The van der Waals surface area contributed by atoms with Crippen molar-refractivity contribution in [3.8, 4) is 5.75 Å². The molecule has 0 spiro atoms. The molecule has 1 aromatic heterocycles. The fourth-order valence-electron chi connectivity index (χ4n) is 2.92. The van der Waals surface area contributed by atoms with Gasteiger partial charge in [0.1, 0.15) is 17.9 Å². The first-order valence-electron chi connectivity index (χ1n) is 8.78. The van der Waals surface area contributed by atoms with Crippen LogP contribution in [0.3, 0.4) is 0 Å². The van der Waals surface area contributed by atoms with Crippen molar-refractivity contribution in [1.82, 2.24) is 25.4 Å². The van der Waals surface area contributed by atoms with Gasteiger partial charge in [0.05, 0.1) is 13.2 Å². The lowest BCUT2D eigenvalue weighted by molar-refractivity contribution is 0.309. The largest absolute Gasteiger partial charge is 0.493 e. The molecule has 1 aromatic carbocycles. The number of aliphatic imine (C=N–C) groups is 1. The number of nitrogens with zero attached hydrogens (tertiary/aromatic N) is 4. The molecule has 2 aromatic rings. The zero-order chi connectivity index (χ0) is 17.5. The Labute approximate surface area is 171 Å². The summed E-state index contributed by atoms with van der Waals surface area (Å²) in [6.07, 6.45) is 4.51. The Kier molecular flexibility index (Phi) is 8.14. The Morgan fingerprint density at radius 1 is 1.38 bits per heavy atom. The lowest BCUT2D eigenvalue weighted by Gasteiger charge is -2.25. The van der Waals surface area contributed by atoms with Gasteiger partial charge in [-0.1, -0.05) is 18.2 Å². The third kappa shape index (κ3) is 5.58. The van der Waals surface area contributed by atoms with Crippen molar-refractivity contribution in [1.29, 1.82) is 0 Å². The smallest absolute Gasteiger partial charge is 0.191 e. The molecule has 0 amide bonds. The van der Waals surface area contributed by atoms with E-state index in [-0.39, 0.29) is 24.0 Å². The van der Waals surface area contributed by atoms with Crippen LogP contribution in [0.5, 0.6) is 5.75 Å². The van der Waals surface area contributed by atoms with Crippen LogP contribution in [0.15, 0.2) is 35.6 Å². The Morgan fingerprint density at radius 3 is 3.04 bits per heavy atom. The van der Waals surface area contributed by atoms with Crippen molar-refractivity contribution in [2.45, 2.75) is 38.8 Å². The summed E-state index contributed by atoms with van der Waals surface area (Å²) in [5, 5.41) is 11.1. The lowest BCUT2D eigenvalue weighted by atomic mass is 10.1. The number of aromatic nitrogens is 3. The van der Waals surface area contributed by atoms with Gasteiger partial charge in [-0.15, -0.1) is 24.0 Å². The molecule has 1 aliphatic heterocycles. The minimum atomic E-state index is 0. The normalized spacial score (nSPS) is 16.4. The van der Waals surface area contributed by atoms with Crippen LogP contribution in [0.25, 0.3) is 0 Å². The molecule has 1 unspecified atom stereocenters. The molecule has 1 aliphatic rings. The Morgan fingerprint density at radius 2 is 2.23 bits per heavy atom.